The average molecular weight is 289 g/mol. The summed E-state index contributed by atoms with van der Waals surface area (Å²) in [5.41, 5.74) is 1.25. The van der Waals surface area contributed by atoms with Gasteiger partial charge in [0, 0.05) is 35.4 Å². The van der Waals surface area contributed by atoms with Crippen LogP contribution in [-0.2, 0) is 9.53 Å². The molecule has 1 spiro atoms. The first-order valence-corrected chi connectivity index (χ1v) is 7.86. The van der Waals surface area contributed by atoms with Gasteiger partial charge in [-0.05, 0) is 37.8 Å². The molecule has 0 aromatic rings. The highest BCUT2D eigenvalue weighted by atomic mass is 16.6. The predicted octanol–water partition coefficient (Wildman–Crippen LogP) is 0.947. The maximum atomic E-state index is 12.5. The summed E-state index contributed by atoms with van der Waals surface area (Å²) < 4.78 is 5.94. The molecule has 2 heterocycles. The smallest absolute Gasteiger partial charge is 0.194 e. The highest BCUT2D eigenvalue weighted by Crippen LogP contribution is 2.66. The number of ether oxygens (including phenoxy) is 1. The number of Topliss-reactive ketones (excluding diaryl/α,β-unsaturated/α-hetero) is 1. The molecule has 2 aliphatic heterocycles. The van der Waals surface area contributed by atoms with Gasteiger partial charge in [0.15, 0.2) is 11.6 Å². The molecule has 3 fully saturated rings. The summed E-state index contributed by atoms with van der Waals surface area (Å²) in [6.45, 7) is 0.839. The van der Waals surface area contributed by atoms with Crippen molar-refractivity contribution in [2.45, 2.75) is 50.0 Å². The van der Waals surface area contributed by atoms with Crippen molar-refractivity contribution in [1.29, 1.82) is 0 Å². The molecule has 0 aromatic carbocycles. The number of aliphatic hydroxyl groups is 2. The molecule has 3 aliphatic carbocycles. The Morgan fingerprint density at radius 2 is 2.29 bits per heavy atom. The minimum absolute atomic E-state index is 0.114. The van der Waals surface area contributed by atoms with Crippen LogP contribution in [0.5, 0.6) is 0 Å². The molecular weight excluding hydrogens is 270 g/mol. The lowest BCUT2D eigenvalue weighted by molar-refractivity contribution is -0.188. The zero-order valence-corrected chi connectivity index (χ0v) is 11.8. The summed E-state index contributed by atoms with van der Waals surface area (Å²) in [5, 5.41) is 24.8. The minimum atomic E-state index is -1.38. The van der Waals surface area contributed by atoms with Gasteiger partial charge >= 0.3 is 0 Å². The second kappa shape index (κ2) is 3.59. The van der Waals surface area contributed by atoms with Crippen LogP contribution >= 0.6 is 0 Å². The summed E-state index contributed by atoms with van der Waals surface area (Å²) in [6.07, 6.45) is 4.26. The van der Waals surface area contributed by atoms with Crippen LogP contribution in [-0.4, -0.2) is 40.5 Å². The average Bonchev–Trinajstić information content (AvgIpc) is 2.71. The van der Waals surface area contributed by atoms with Crippen LogP contribution in [0, 0.1) is 11.3 Å². The van der Waals surface area contributed by atoms with Gasteiger partial charge in [0.2, 0.25) is 0 Å². The normalized spacial score (nSPS) is 50.8. The van der Waals surface area contributed by atoms with Crippen molar-refractivity contribution in [3.8, 4) is 0 Å². The highest BCUT2D eigenvalue weighted by Gasteiger charge is 2.70. The van der Waals surface area contributed by atoms with Crippen LogP contribution in [0.25, 0.3) is 0 Å². The number of rotatable bonds is 0. The quantitative estimate of drug-likeness (QED) is 0.619. The molecule has 2 saturated heterocycles. The monoisotopic (exact) mass is 289 g/mol. The summed E-state index contributed by atoms with van der Waals surface area (Å²) in [4.78, 5) is 12.5. The molecular formula is C16H19NO4. The number of aliphatic hydroxyl groups excluding tert-OH is 1. The zero-order valence-electron chi connectivity index (χ0n) is 11.8. The van der Waals surface area contributed by atoms with Gasteiger partial charge in [0.1, 0.15) is 11.9 Å². The number of hydrogen-bond donors (Lipinski definition) is 3. The lowest BCUT2D eigenvalue weighted by atomic mass is 9.50. The summed E-state index contributed by atoms with van der Waals surface area (Å²) in [6, 6.07) is 0.271. The molecule has 3 N–H and O–H groups in total. The Balaban J connectivity index is 1.82. The van der Waals surface area contributed by atoms with Crippen molar-refractivity contribution in [2.75, 3.05) is 6.54 Å². The maximum Gasteiger partial charge on any atom is 0.194 e. The number of ketones is 1. The number of hydrogen-bond acceptors (Lipinski definition) is 5. The van der Waals surface area contributed by atoms with E-state index in [9.17, 15) is 15.0 Å². The molecule has 0 radical (unpaired) electrons. The number of piperidine rings is 1. The number of allylic oxidation sites excluding steroid dienone is 1. The molecule has 112 valence electrons. The topological polar surface area (TPSA) is 78.8 Å². The van der Waals surface area contributed by atoms with Gasteiger partial charge in [-0.2, -0.15) is 0 Å². The van der Waals surface area contributed by atoms with Gasteiger partial charge in [-0.3, -0.25) is 4.79 Å². The lowest BCUT2D eigenvalue weighted by Gasteiger charge is -2.55. The van der Waals surface area contributed by atoms with E-state index in [1.807, 2.05) is 0 Å². The first kappa shape index (κ1) is 12.4. The van der Waals surface area contributed by atoms with E-state index in [0.717, 1.165) is 37.0 Å². The molecule has 5 aliphatic rings. The van der Waals surface area contributed by atoms with Crippen molar-refractivity contribution in [2.24, 2.45) is 11.3 Å². The first-order chi connectivity index (χ1) is 10.1. The summed E-state index contributed by atoms with van der Waals surface area (Å²) in [7, 11) is 0. The van der Waals surface area contributed by atoms with Crippen molar-refractivity contribution < 1.29 is 19.7 Å². The maximum absolute atomic E-state index is 12.5. The SMILES string of the molecule is O=C1CC[C@H]2[C@H]3CC4=C5C(O)(CC=C4O)OC1[C@]52CCN3. The fourth-order valence-electron chi connectivity index (χ4n) is 5.68. The Kier molecular flexibility index (Phi) is 2.12. The molecule has 5 heteroatoms. The molecule has 2 bridgehead atoms. The Morgan fingerprint density at radius 1 is 1.43 bits per heavy atom. The van der Waals surface area contributed by atoms with E-state index >= 15 is 0 Å². The Bertz CT molecular complexity index is 624. The van der Waals surface area contributed by atoms with E-state index in [0.29, 0.717) is 12.3 Å². The third-order valence-electron chi connectivity index (χ3n) is 6.33. The second-order valence-electron chi connectivity index (χ2n) is 7.10. The molecule has 1 saturated carbocycles. The van der Waals surface area contributed by atoms with Crippen molar-refractivity contribution >= 4 is 5.78 Å². The van der Waals surface area contributed by atoms with E-state index in [2.05, 4.69) is 5.32 Å². The van der Waals surface area contributed by atoms with Gasteiger partial charge in [-0.25, -0.2) is 0 Å². The predicted molar refractivity (Wildman–Crippen MR) is 73.4 cm³/mol. The minimum Gasteiger partial charge on any atom is -0.508 e. The first-order valence-electron chi connectivity index (χ1n) is 7.86. The van der Waals surface area contributed by atoms with Gasteiger partial charge in [0.05, 0.1) is 0 Å². The fraction of sp³-hybridized carbons (Fsp3) is 0.688. The standard InChI is InChI=1S/C16H19NO4/c18-11-3-4-16(20)13-8(11)7-10-9-1-2-12(19)14(21-16)15(9,13)5-6-17-10/h3,9-10,14,17-18,20H,1-2,4-7H2/t9-,10+,14?,15-,16?/m0/s1. The van der Waals surface area contributed by atoms with Gasteiger partial charge in [-0.15, -0.1) is 0 Å². The highest BCUT2D eigenvalue weighted by molar-refractivity contribution is 5.87. The van der Waals surface area contributed by atoms with Crippen LogP contribution in [0.1, 0.15) is 32.1 Å². The summed E-state index contributed by atoms with van der Waals surface area (Å²) >= 11 is 0. The second-order valence-corrected chi connectivity index (χ2v) is 7.10. The Morgan fingerprint density at radius 3 is 3.14 bits per heavy atom. The Hall–Kier alpha value is -1.17. The van der Waals surface area contributed by atoms with E-state index in [1.165, 1.54) is 0 Å². The molecule has 21 heavy (non-hydrogen) atoms. The third kappa shape index (κ3) is 1.23. The van der Waals surface area contributed by atoms with Crippen LogP contribution in [0.2, 0.25) is 0 Å². The van der Waals surface area contributed by atoms with Crippen LogP contribution in [0.3, 0.4) is 0 Å². The fourth-order valence-corrected chi connectivity index (χ4v) is 5.68. The molecule has 2 unspecified atom stereocenters. The van der Waals surface area contributed by atoms with Crippen LogP contribution in [0.15, 0.2) is 23.0 Å². The van der Waals surface area contributed by atoms with Crippen LogP contribution < -0.4 is 5.32 Å². The van der Waals surface area contributed by atoms with Crippen LogP contribution in [0.4, 0.5) is 0 Å². The number of carbonyl (C=O) groups is 1. The molecule has 0 amide bonds. The van der Waals surface area contributed by atoms with Gasteiger partial charge in [-0.1, -0.05) is 0 Å². The summed E-state index contributed by atoms with van der Waals surface area (Å²) in [5.74, 6) is -0.675. The van der Waals surface area contributed by atoms with E-state index in [1.54, 1.807) is 6.08 Å². The zero-order chi connectivity index (χ0) is 14.4. The third-order valence-corrected chi connectivity index (χ3v) is 6.33. The van der Waals surface area contributed by atoms with E-state index in [-0.39, 0.29) is 24.0 Å². The van der Waals surface area contributed by atoms with Crippen molar-refractivity contribution in [3.05, 3.63) is 23.0 Å². The van der Waals surface area contributed by atoms with Gasteiger partial charge < -0.3 is 20.3 Å². The lowest BCUT2D eigenvalue weighted by Crippen LogP contribution is -2.62. The Labute approximate surface area is 122 Å². The largest absolute Gasteiger partial charge is 0.508 e. The molecule has 5 rings (SSSR count). The molecule has 5 nitrogen and oxygen atoms in total. The van der Waals surface area contributed by atoms with E-state index < -0.39 is 17.3 Å². The van der Waals surface area contributed by atoms with Gasteiger partial charge in [0.25, 0.3) is 0 Å². The van der Waals surface area contributed by atoms with E-state index in [4.69, 9.17) is 4.74 Å². The number of carbonyl (C=O) groups excluding carboxylic acids is 1. The molecule has 5 atom stereocenters. The van der Waals surface area contributed by atoms with Crippen molar-refractivity contribution in [3.63, 3.8) is 0 Å². The van der Waals surface area contributed by atoms with Crippen molar-refractivity contribution in [1.82, 2.24) is 5.32 Å². The number of nitrogens with one attached hydrogen (secondary N) is 1. The molecule has 0 aromatic heterocycles.